The molecule has 3 aromatic rings. The van der Waals surface area contributed by atoms with Crippen LogP contribution in [0.5, 0.6) is 11.5 Å². The molecule has 0 aliphatic heterocycles. The summed E-state index contributed by atoms with van der Waals surface area (Å²) < 4.78 is 65.2. The van der Waals surface area contributed by atoms with Gasteiger partial charge in [0.05, 0.1) is 21.6 Å². The number of azo groups is 1. The molecule has 0 saturated heterocycles. The van der Waals surface area contributed by atoms with E-state index in [1.165, 1.54) is 0 Å². The van der Waals surface area contributed by atoms with E-state index in [1.807, 2.05) is 0 Å². The van der Waals surface area contributed by atoms with E-state index in [0.717, 1.165) is 30.3 Å². The number of hydrogen-bond donors (Lipinski definition) is 5. The Balaban J connectivity index is 0.00000385. The first-order valence-electron chi connectivity index (χ1n) is 8.13. The summed E-state index contributed by atoms with van der Waals surface area (Å²) in [7, 11) is -9.80. The smallest absolute Gasteiger partial charge is 0.507 e. The van der Waals surface area contributed by atoms with E-state index in [9.17, 15) is 46.3 Å². The summed E-state index contributed by atoms with van der Waals surface area (Å²) in [5.74, 6) is -1.43. The van der Waals surface area contributed by atoms with Crippen LogP contribution in [0.4, 0.5) is 22.7 Å². The minimum Gasteiger partial charge on any atom is -0.507 e. The third-order valence-corrected chi connectivity index (χ3v) is 5.87. The van der Waals surface area contributed by atoms with Gasteiger partial charge in [-0.1, -0.05) is 0 Å². The van der Waals surface area contributed by atoms with Gasteiger partial charge in [0.1, 0.15) is 27.8 Å². The van der Waals surface area contributed by atoms with E-state index in [2.05, 4.69) is 10.2 Å². The maximum atomic E-state index is 11.9. The molecule has 0 bridgehead atoms. The molecule has 0 saturated carbocycles. The van der Waals surface area contributed by atoms with Gasteiger partial charge in [0.2, 0.25) is 0 Å². The molecule has 168 valence electrons. The first kappa shape index (κ1) is 26.4. The van der Waals surface area contributed by atoms with Crippen LogP contribution in [0.3, 0.4) is 0 Å². The molecule has 0 aromatic heterocycles. The monoisotopic (exact) mass is 507 g/mol. The molecule has 0 amide bonds. The Hall–Kier alpha value is -2.86. The third kappa shape index (κ3) is 5.38. The van der Waals surface area contributed by atoms with Crippen LogP contribution in [-0.2, 0) is 20.2 Å². The van der Waals surface area contributed by atoms with Crippen molar-refractivity contribution >= 4 is 53.8 Å². The summed E-state index contributed by atoms with van der Waals surface area (Å²) in [4.78, 5) is 8.26. The number of fused-ring (bicyclic) bond motifs is 1. The molecule has 0 atom stereocenters. The van der Waals surface area contributed by atoms with Gasteiger partial charge in [0, 0.05) is 17.5 Å². The van der Waals surface area contributed by atoms with Crippen molar-refractivity contribution in [1.29, 1.82) is 0 Å². The Morgan fingerprint density at radius 1 is 0.909 bits per heavy atom. The molecule has 14 nitrogen and oxygen atoms in total. The number of nitrogens with zero attached hydrogens (tertiary/aromatic N) is 3. The second kappa shape index (κ2) is 9.18. The molecule has 3 rings (SSSR count). The van der Waals surface area contributed by atoms with Crippen LogP contribution in [-0.4, -0.2) is 41.1 Å². The summed E-state index contributed by atoms with van der Waals surface area (Å²) in [6.07, 6.45) is 0. The van der Waals surface area contributed by atoms with Crippen LogP contribution in [0.25, 0.3) is 10.8 Å². The van der Waals surface area contributed by atoms with Crippen LogP contribution in [0, 0.1) is 10.1 Å². The van der Waals surface area contributed by atoms with Crippen molar-refractivity contribution in [2.45, 2.75) is 9.79 Å². The first-order valence-corrected chi connectivity index (χ1v) is 11.0. The zero-order chi connectivity index (χ0) is 24.0. The van der Waals surface area contributed by atoms with Crippen molar-refractivity contribution in [3.8, 4) is 11.5 Å². The van der Waals surface area contributed by atoms with E-state index in [-0.39, 0.29) is 46.0 Å². The summed E-state index contributed by atoms with van der Waals surface area (Å²) >= 11 is 0. The Morgan fingerprint density at radius 3 is 2.06 bits per heavy atom. The van der Waals surface area contributed by atoms with Gasteiger partial charge in [-0.25, -0.2) is 0 Å². The third-order valence-electron chi connectivity index (χ3n) is 4.17. The Kier molecular flexibility index (Phi) is 7.34. The fraction of sp³-hybridized carbons (Fsp3) is 0. The first-order chi connectivity index (χ1) is 14.7. The minimum atomic E-state index is -5.02. The SMILES string of the molecule is Nc1c(N=Nc2ccc([N+](=O)[O-])cc2O)c(S(=O)(=O)O)cc2cc(S(=O)(=O)O)cc(O)c12.[Na+]. The molecule has 0 aliphatic rings. The second-order valence-corrected chi connectivity index (χ2v) is 9.07. The number of phenols is 2. The molecule has 0 unspecified atom stereocenters. The van der Waals surface area contributed by atoms with Crippen LogP contribution in [0.15, 0.2) is 56.4 Å². The van der Waals surface area contributed by atoms with Crippen molar-refractivity contribution < 1.29 is 70.6 Å². The normalized spacial score (nSPS) is 12.1. The van der Waals surface area contributed by atoms with Crippen LogP contribution >= 0.6 is 0 Å². The average molecular weight is 507 g/mol. The topological polar surface area (TPSA) is 243 Å². The van der Waals surface area contributed by atoms with Gasteiger partial charge in [-0.3, -0.25) is 19.2 Å². The molecule has 33 heavy (non-hydrogen) atoms. The van der Waals surface area contributed by atoms with Crippen molar-refractivity contribution in [1.82, 2.24) is 0 Å². The minimum absolute atomic E-state index is 0. The van der Waals surface area contributed by atoms with Crippen LogP contribution in [0.1, 0.15) is 0 Å². The molecule has 0 radical (unpaired) electrons. The molecule has 3 aromatic carbocycles. The molecule has 6 N–H and O–H groups in total. The average Bonchev–Trinajstić information content (AvgIpc) is 2.65. The molecule has 0 aliphatic carbocycles. The van der Waals surface area contributed by atoms with Gasteiger partial charge in [0.25, 0.3) is 25.9 Å². The molecule has 17 heteroatoms. The van der Waals surface area contributed by atoms with Crippen molar-refractivity contribution in [2.75, 3.05) is 5.73 Å². The van der Waals surface area contributed by atoms with E-state index in [0.29, 0.717) is 6.07 Å². The number of aromatic hydroxyl groups is 2. The maximum absolute atomic E-state index is 11.9. The van der Waals surface area contributed by atoms with Gasteiger partial charge in [-0.05, 0) is 23.6 Å². The Bertz CT molecular complexity index is 1540. The number of nitro groups is 1. The van der Waals surface area contributed by atoms with Gasteiger partial charge >= 0.3 is 29.6 Å². The van der Waals surface area contributed by atoms with Crippen molar-refractivity contribution in [2.24, 2.45) is 10.2 Å². The summed E-state index contributed by atoms with van der Waals surface area (Å²) in [6, 6.07) is 4.97. The molecular weight excluding hydrogens is 495 g/mol. The number of rotatable bonds is 5. The molecule has 0 fully saturated rings. The number of nitrogen functional groups attached to an aromatic ring is 1. The predicted octanol–water partition coefficient (Wildman–Crippen LogP) is -0.346. The van der Waals surface area contributed by atoms with Gasteiger partial charge in [0.15, 0.2) is 0 Å². The van der Waals surface area contributed by atoms with E-state index in [4.69, 9.17) is 5.73 Å². The van der Waals surface area contributed by atoms with E-state index < -0.39 is 63.5 Å². The molecule has 0 spiro atoms. The number of benzene rings is 3. The fourth-order valence-corrected chi connectivity index (χ4v) is 3.96. The number of nitro benzene ring substituents is 1. The quantitative estimate of drug-likeness (QED) is 0.0746. The standard InChI is InChI=1S/C16H12N4O10S2.Na/c17-15-14-7(3-9(6-12(14)22)31(25,26)27)4-13(32(28,29)30)16(15)19-18-10-2-1-8(20(23)24)5-11(10)21;/h1-6,21-22H,17H2,(H,25,26,27)(H,28,29,30);/q;+1. The Morgan fingerprint density at radius 2 is 1.55 bits per heavy atom. The van der Waals surface area contributed by atoms with E-state index >= 15 is 0 Å². The van der Waals surface area contributed by atoms with E-state index in [1.54, 1.807) is 0 Å². The number of anilines is 1. The number of phenolic OH excluding ortho intramolecular Hbond substituents is 2. The zero-order valence-corrected chi connectivity index (χ0v) is 20.1. The molecule has 0 heterocycles. The van der Waals surface area contributed by atoms with Crippen LogP contribution in [0.2, 0.25) is 0 Å². The summed E-state index contributed by atoms with van der Waals surface area (Å²) in [5, 5.41) is 37.4. The number of nitrogens with two attached hydrogens (primary N) is 1. The second-order valence-electron chi connectivity index (χ2n) is 6.26. The fourth-order valence-electron chi connectivity index (χ4n) is 2.75. The zero-order valence-electron chi connectivity index (χ0n) is 16.4. The van der Waals surface area contributed by atoms with Gasteiger partial charge in [-0.15, -0.1) is 10.2 Å². The number of hydrogen-bond acceptors (Lipinski definition) is 11. The van der Waals surface area contributed by atoms with Crippen molar-refractivity contribution in [3.05, 3.63) is 46.5 Å². The van der Waals surface area contributed by atoms with Gasteiger partial charge < -0.3 is 15.9 Å². The Labute approximate surface area is 207 Å². The van der Waals surface area contributed by atoms with Crippen molar-refractivity contribution in [3.63, 3.8) is 0 Å². The summed E-state index contributed by atoms with van der Waals surface area (Å²) in [5.41, 5.74) is 3.90. The largest absolute Gasteiger partial charge is 1.00 e. The number of non-ortho nitro benzene ring substituents is 1. The summed E-state index contributed by atoms with van der Waals surface area (Å²) in [6.45, 7) is 0. The van der Waals surface area contributed by atoms with Crippen LogP contribution < -0.4 is 35.3 Å². The van der Waals surface area contributed by atoms with Gasteiger partial charge in [-0.2, -0.15) is 16.8 Å². The maximum Gasteiger partial charge on any atom is 1.00 e. The molecular formula is C16H12N4NaO10S2+. The predicted molar refractivity (Wildman–Crippen MR) is 109 cm³/mol.